The molecule has 0 spiro atoms. The minimum Gasteiger partial charge on any atom is -0.444 e. The Morgan fingerprint density at radius 1 is 1.33 bits per heavy atom. The lowest BCUT2D eigenvalue weighted by Crippen LogP contribution is -2.44. The fraction of sp³-hybridized carbons (Fsp3) is 0.786. The molecule has 0 aromatic heterocycles. The monoisotopic (exact) mass is 373 g/mol. The van der Waals surface area contributed by atoms with Gasteiger partial charge in [0.05, 0.1) is 0 Å². The molecule has 10 heteroatoms. The third-order valence-electron chi connectivity index (χ3n) is 3.22. The van der Waals surface area contributed by atoms with Crippen LogP contribution in [0.4, 0.5) is 18.0 Å². The molecule has 6 nitrogen and oxygen atoms in total. The molecule has 24 heavy (non-hydrogen) atoms. The van der Waals surface area contributed by atoms with Crippen LogP contribution in [0, 0.1) is 0 Å². The van der Waals surface area contributed by atoms with Gasteiger partial charge in [0.15, 0.2) is 0 Å². The molecule has 0 bridgehead atoms. The van der Waals surface area contributed by atoms with Gasteiger partial charge in [0, 0.05) is 19.0 Å². The number of rotatable bonds is 4. The predicted octanol–water partition coefficient (Wildman–Crippen LogP) is 3.55. The molecule has 0 fully saturated rings. The van der Waals surface area contributed by atoms with Gasteiger partial charge in [0.1, 0.15) is 11.4 Å². The Morgan fingerprint density at radius 2 is 1.92 bits per heavy atom. The van der Waals surface area contributed by atoms with Crippen molar-refractivity contribution in [1.29, 1.82) is 0 Å². The second kappa shape index (κ2) is 7.20. The van der Waals surface area contributed by atoms with E-state index in [0.29, 0.717) is 12.8 Å². The third kappa shape index (κ3) is 5.57. The molecule has 0 saturated heterocycles. The Balaban J connectivity index is 2.83. The first-order chi connectivity index (χ1) is 10.8. The Kier molecular flexibility index (Phi) is 6.18. The van der Waals surface area contributed by atoms with Crippen molar-refractivity contribution in [3.05, 3.63) is 11.8 Å². The van der Waals surface area contributed by atoms with Crippen molar-refractivity contribution in [2.45, 2.75) is 64.1 Å². The van der Waals surface area contributed by atoms with Crippen molar-refractivity contribution in [2.75, 3.05) is 6.54 Å². The van der Waals surface area contributed by atoms with Gasteiger partial charge in [-0.05, 0) is 46.6 Å². The molecule has 1 aliphatic rings. The van der Waals surface area contributed by atoms with Crippen LogP contribution in [0.5, 0.6) is 0 Å². The van der Waals surface area contributed by atoms with E-state index >= 15 is 0 Å². The summed E-state index contributed by atoms with van der Waals surface area (Å²) in [5.41, 5.74) is -6.20. The van der Waals surface area contributed by atoms with Crippen LogP contribution in [0.15, 0.2) is 11.8 Å². The average molecular weight is 373 g/mol. The van der Waals surface area contributed by atoms with Gasteiger partial charge in [-0.3, -0.25) is 0 Å². The third-order valence-corrected chi connectivity index (χ3v) is 4.22. The van der Waals surface area contributed by atoms with E-state index in [-0.39, 0.29) is 18.7 Å². The summed E-state index contributed by atoms with van der Waals surface area (Å²) in [6, 6.07) is -0.492. The maximum absolute atomic E-state index is 12.4. The molecule has 0 saturated carbocycles. The van der Waals surface area contributed by atoms with Gasteiger partial charge in [-0.15, -0.1) is 0 Å². The Bertz CT molecular complexity index is 593. The first-order valence-electron chi connectivity index (χ1n) is 7.46. The number of nitrogens with zero attached hydrogens (tertiary/aromatic N) is 1. The lowest BCUT2D eigenvalue weighted by molar-refractivity contribution is -0.0527. The highest BCUT2D eigenvalue weighted by molar-refractivity contribution is 7.87. The summed E-state index contributed by atoms with van der Waals surface area (Å²) in [5.74, 6) is -0.314. The molecule has 0 heterocycles. The predicted molar refractivity (Wildman–Crippen MR) is 80.4 cm³/mol. The van der Waals surface area contributed by atoms with E-state index < -0.39 is 33.4 Å². The maximum Gasteiger partial charge on any atom is 0.534 e. The van der Waals surface area contributed by atoms with Crippen molar-refractivity contribution >= 4 is 16.2 Å². The molecular formula is C14H22F3NO5S. The van der Waals surface area contributed by atoms with Gasteiger partial charge in [-0.25, -0.2) is 4.79 Å². The average Bonchev–Trinajstić information content (AvgIpc) is 2.35. The van der Waals surface area contributed by atoms with Crippen LogP contribution in [0.2, 0.25) is 0 Å². The summed E-state index contributed by atoms with van der Waals surface area (Å²) >= 11 is 0. The van der Waals surface area contributed by atoms with E-state index in [0.717, 1.165) is 0 Å². The molecule has 1 atom stereocenters. The molecule has 140 valence electrons. The molecule has 0 radical (unpaired) electrons. The SMILES string of the molecule is CCN(C(=O)OC(C)(C)C)C1CCC=C(OS(=O)(=O)C(F)(F)F)C1. The normalized spacial score (nSPS) is 19.5. The Hall–Kier alpha value is -1.45. The summed E-state index contributed by atoms with van der Waals surface area (Å²) in [6.45, 7) is 7.08. The highest BCUT2D eigenvalue weighted by atomic mass is 32.2. The number of alkyl halides is 3. The number of ether oxygens (including phenoxy) is 1. The zero-order chi connectivity index (χ0) is 18.8. The van der Waals surface area contributed by atoms with Crippen molar-refractivity contribution in [1.82, 2.24) is 4.90 Å². The summed E-state index contributed by atoms with van der Waals surface area (Å²) in [7, 11) is -5.71. The number of hydrogen-bond donors (Lipinski definition) is 0. The van der Waals surface area contributed by atoms with E-state index in [2.05, 4.69) is 4.18 Å². The highest BCUT2D eigenvalue weighted by Gasteiger charge is 2.49. The second-order valence-corrected chi connectivity index (χ2v) is 7.89. The fourth-order valence-corrected chi connectivity index (χ4v) is 2.75. The highest BCUT2D eigenvalue weighted by Crippen LogP contribution is 2.31. The zero-order valence-corrected chi connectivity index (χ0v) is 14.8. The van der Waals surface area contributed by atoms with Crippen molar-refractivity contribution in [3.8, 4) is 0 Å². The lowest BCUT2D eigenvalue weighted by Gasteiger charge is -2.34. The van der Waals surface area contributed by atoms with Gasteiger partial charge in [0.25, 0.3) is 0 Å². The van der Waals surface area contributed by atoms with Crippen LogP contribution >= 0.6 is 0 Å². The van der Waals surface area contributed by atoms with Crippen LogP contribution in [-0.4, -0.2) is 43.1 Å². The van der Waals surface area contributed by atoms with Gasteiger partial charge in [-0.2, -0.15) is 21.6 Å². The molecule has 1 aliphatic carbocycles. The van der Waals surface area contributed by atoms with Gasteiger partial charge >= 0.3 is 21.7 Å². The van der Waals surface area contributed by atoms with E-state index in [4.69, 9.17) is 4.74 Å². The quantitative estimate of drug-likeness (QED) is 0.557. The number of allylic oxidation sites excluding steroid dienone is 1. The molecule has 0 aliphatic heterocycles. The standard InChI is InChI=1S/C14H22F3NO5S/c1-5-18(12(19)22-13(2,3)4)10-7-6-8-11(9-10)23-24(20,21)14(15,16)17/h8,10H,5-7,9H2,1-4H3. The Labute approximate surface area is 139 Å². The van der Waals surface area contributed by atoms with Crippen molar-refractivity contribution < 1.29 is 35.3 Å². The van der Waals surface area contributed by atoms with Crippen LogP contribution in [0.1, 0.15) is 47.0 Å². The van der Waals surface area contributed by atoms with E-state index in [9.17, 15) is 26.4 Å². The summed E-state index contributed by atoms with van der Waals surface area (Å²) in [5, 5.41) is 0. The number of carbonyl (C=O) groups excluding carboxylic acids is 1. The summed E-state index contributed by atoms with van der Waals surface area (Å²) in [6.07, 6.45) is 1.35. The molecule has 1 rings (SSSR count). The Morgan fingerprint density at radius 3 is 2.38 bits per heavy atom. The van der Waals surface area contributed by atoms with E-state index in [1.807, 2.05) is 0 Å². The van der Waals surface area contributed by atoms with Crippen LogP contribution in [-0.2, 0) is 19.0 Å². The van der Waals surface area contributed by atoms with Crippen LogP contribution in [0.3, 0.4) is 0 Å². The number of hydrogen-bond acceptors (Lipinski definition) is 5. The van der Waals surface area contributed by atoms with Crippen molar-refractivity contribution in [2.24, 2.45) is 0 Å². The minimum atomic E-state index is -5.71. The molecule has 0 aromatic carbocycles. The van der Waals surface area contributed by atoms with Gasteiger partial charge in [0.2, 0.25) is 0 Å². The largest absolute Gasteiger partial charge is 0.534 e. The van der Waals surface area contributed by atoms with Gasteiger partial charge < -0.3 is 13.8 Å². The molecule has 0 N–H and O–H groups in total. The van der Waals surface area contributed by atoms with Crippen LogP contribution < -0.4 is 0 Å². The van der Waals surface area contributed by atoms with Gasteiger partial charge in [-0.1, -0.05) is 0 Å². The lowest BCUT2D eigenvalue weighted by atomic mass is 9.99. The summed E-state index contributed by atoms with van der Waals surface area (Å²) in [4.78, 5) is 13.5. The fourth-order valence-electron chi connectivity index (χ4n) is 2.23. The summed E-state index contributed by atoms with van der Waals surface area (Å²) < 4.78 is 68.8. The zero-order valence-electron chi connectivity index (χ0n) is 14.0. The number of amides is 1. The first kappa shape index (κ1) is 20.6. The number of carbonyl (C=O) groups is 1. The minimum absolute atomic E-state index is 0.123. The molecule has 0 aromatic rings. The van der Waals surface area contributed by atoms with E-state index in [1.54, 1.807) is 27.7 Å². The second-order valence-electron chi connectivity index (χ2n) is 6.36. The molecular weight excluding hydrogens is 351 g/mol. The maximum atomic E-state index is 12.4. The topological polar surface area (TPSA) is 72.9 Å². The number of halogens is 3. The molecule has 1 unspecified atom stereocenters. The van der Waals surface area contributed by atoms with E-state index in [1.165, 1.54) is 11.0 Å². The molecule has 1 amide bonds. The van der Waals surface area contributed by atoms with Crippen molar-refractivity contribution in [3.63, 3.8) is 0 Å². The van der Waals surface area contributed by atoms with Crippen LogP contribution in [0.25, 0.3) is 0 Å². The first-order valence-corrected chi connectivity index (χ1v) is 8.87. The smallest absolute Gasteiger partial charge is 0.444 e.